The largest absolute Gasteiger partial charge is 0.394 e. The van der Waals surface area contributed by atoms with Gasteiger partial charge in [-0.2, -0.15) is 0 Å². The molecule has 11 heteroatoms. The summed E-state index contributed by atoms with van der Waals surface area (Å²) in [6.07, 6.45) is 52.4. The van der Waals surface area contributed by atoms with Crippen LogP contribution in [0.1, 0.15) is 303 Å². The summed E-state index contributed by atoms with van der Waals surface area (Å²) < 4.78 is 11.2. The average molecular weight is 1050 g/mol. The standard InChI is InChI=1S/C63H121NO10/c1-3-5-7-9-11-13-15-17-19-21-22-23-24-25-26-27-28-29-30-31-32-33-35-37-39-41-43-45-47-49-51-56(67)62(72)64-54(53-73-63-61(71)60(70)59(69)57(52-65)74-63)58(68)55(66)50-48-46-44-42-40-38-36-34-20-18-16-14-12-10-8-6-4-2/h22-23,25-26,54-61,63,65-71H,3-21,24,27-53H2,1-2H3,(H,64,72)/b23-22-,26-25-. The van der Waals surface area contributed by atoms with Gasteiger partial charge in [0.15, 0.2) is 6.29 Å². The molecule has 1 fully saturated rings. The molecule has 0 saturated carbocycles. The first kappa shape index (κ1) is 70.6. The van der Waals surface area contributed by atoms with Crippen molar-refractivity contribution in [1.82, 2.24) is 5.32 Å². The van der Waals surface area contributed by atoms with Gasteiger partial charge in [-0.25, -0.2) is 0 Å². The number of allylic oxidation sites excluding steroid dienone is 4. The highest BCUT2D eigenvalue weighted by Gasteiger charge is 2.44. The van der Waals surface area contributed by atoms with Gasteiger partial charge in [0.2, 0.25) is 5.91 Å². The van der Waals surface area contributed by atoms with Crippen LogP contribution in [0.25, 0.3) is 0 Å². The van der Waals surface area contributed by atoms with E-state index in [1.165, 1.54) is 218 Å². The molecule has 1 aliphatic rings. The normalized spacial score (nSPS) is 19.9. The number of rotatable bonds is 55. The molecule has 0 aromatic heterocycles. The molecule has 9 atom stereocenters. The Kier molecular flexibility index (Phi) is 49.9. The van der Waals surface area contributed by atoms with E-state index >= 15 is 0 Å². The minimum Gasteiger partial charge on any atom is -0.394 e. The molecule has 1 aliphatic heterocycles. The summed E-state index contributed by atoms with van der Waals surface area (Å²) in [6.45, 7) is 3.49. The Balaban J connectivity index is 2.22. The van der Waals surface area contributed by atoms with E-state index < -0.39 is 74.2 Å². The van der Waals surface area contributed by atoms with Crippen molar-refractivity contribution in [2.75, 3.05) is 13.2 Å². The molecule has 438 valence electrons. The van der Waals surface area contributed by atoms with Crippen LogP contribution in [0.4, 0.5) is 0 Å². The van der Waals surface area contributed by atoms with Crippen molar-refractivity contribution < 1.29 is 50.0 Å². The molecular formula is C63H121NO10. The van der Waals surface area contributed by atoms with Gasteiger partial charge in [-0.15, -0.1) is 0 Å². The lowest BCUT2D eigenvalue weighted by Crippen LogP contribution is -2.60. The maximum Gasteiger partial charge on any atom is 0.249 e. The zero-order valence-corrected chi connectivity index (χ0v) is 48.1. The lowest BCUT2D eigenvalue weighted by atomic mass is 9.98. The van der Waals surface area contributed by atoms with Crippen LogP contribution >= 0.6 is 0 Å². The molecule has 9 unspecified atom stereocenters. The number of hydrogen-bond acceptors (Lipinski definition) is 10. The number of unbranched alkanes of at least 4 members (excludes halogenated alkanes) is 39. The van der Waals surface area contributed by atoms with Crippen LogP contribution in [0, 0.1) is 0 Å². The van der Waals surface area contributed by atoms with E-state index in [1.807, 2.05) is 0 Å². The van der Waals surface area contributed by atoms with Gasteiger partial charge in [0, 0.05) is 0 Å². The number of amides is 1. The first-order chi connectivity index (χ1) is 36.2. The number of carbonyl (C=O) groups excluding carboxylic acids is 1. The maximum atomic E-state index is 13.2. The summed E-state index contributed by atoms with van der Waals surface area (Å²) in [5.74, 6) is -0.693. The van der Waals surface area contributed by atoms with Gasteiger partial charge in [0.25, 0.3) is 0 Å². The lowest BCUT2D eigenvalue weighted by Gasteiger charge is -2.40. The van der Waals surface area contributed by atoms with Gasteiger partial charge >= 0.3 is 0 Å². The van der Waals surface area contributed by atoms with Crippen LogP contribution in [0.5, 0.6) is 0 Å². The minimum atomic E-state index is -1.66. The second-order valence-corrected chi connectivity index (χ2v) is 22.5. The van der Waals surface area contributed by atoms with Crippen molar-refractivity contribution >= 4 is 5.91 Å². The molecule has 1 saturated heterocycles. The minimum absolute atomic E-state index is 0.262. The molecule has 0 radical (unpaired) electrons. The summed E-state index contributed by atoms with van der Waals surface area (Å²) >= 11 is 0. The predicted molar refractivity (Wildman–Crippen MR) is 307 cm³/mol. The summed E-state index contributed by atoms with van der Waals surface area (Å²) in [7, 11) is 0. The molecular weight excluding hydrogens is 931 g/mol. The first-order valence-corrected chi connectivity index (χ1v) is 31.7. The van der Waals surface area contributed by atoms with Gasteiger partial charge in [-0.3, -0.25) is 4.79 Å². The van der Waals surface area contributed by atoms with E-state index in [4.69, 9.17) is 9.47 Å². The summed E-state index contributed by atoms with van der Waals surface area (Å²) in [5, 5.41) is 76.3. The Morgan fingerprint density at radius 3 is 1.20 bits per heavy atom. The fourth-order valence-electron chi connectivity index (χ4n) is 10.4. The van der Waals surface area contributed by atoms with E-state index in [9.17, 15) is 40.5 Å². The van der Waals surface area contributed by atoms with Gasteiger partial charge in [0.1, 0.15) is 36.6 Å². The Bertz CT molecular complexity index is 1250. The van der Waals surface area contributed by atoms with Crippen molar-refractivity contribution in [3.05, 3.63) is 24.3 Å². The molecule has 0 aliphatic carbocycles. The predicted octanol–water partition coefficient (Wildman–Crippen LogP) is 14.1. The number of nitrogens with one attached hydrogen (secondary N) is 1. The molecule has 74 heavy (non-hydrogen) atoms. The number of ether oxygens (including phenoxy) is 2. The molecule has 0 bridgehead atoms. The Hall–Kier alpha value is -1.41. The highest BCUT2D eigenvalue weighted by molar-refractivity contribution is 5.80. The quantitative estimate of drug-likeness (QED) is 0.0215. The SMILES string of the molecule is CCCCCCCCCCC/C=C\C/C=C\CCCCCCCCCCCCCCCCC(O)C(=O)NC(COC1OC(CO)C(O)C(O)C1O)C(O)C(O)CCCCCCCCCCCCCCCCCCC. The average Bonchev–Trinajstić information content (AvgIpc) is 3.40. The van der Waals surface area contributed by atoms with Gasteiger partial charge in [-0.05, 0) is 44.9 Å². The summed E-state index contributed by atoms with van der Waals surface area (Å²) in [5.41, 5.74) is 0. The molecule has 0 aromatic rings. The second-order valence-electron chi connectivity index (χ2n) is 22.5. The smallest absolute Gasteiger partial charge is 0.249 e. The molecule has 1 amide bonds. The Morgan fingerprint density at radius 2 is 0.824 bits per heavy atom. The third-order valence-corrected chi connectivity index (χ3v) is 15.5. The van der Waals surface area contributed by atoms with Crippen molar-refractivity contribution in [1.29, 1.82) is 0 Å². The molecule has 1 rings (SSSR count). The molecule has 8 N–H and O–H groups in total. The van der Waals surface area contributed by atoms with Gasteiger partial charge in [-0.1, -0.05) is 282 Å². The number of carbonyl (C=O) groups is 1. The van der Waals surface area contributed by atoms with E-state index in [0.717, 1.165) is 44.9 Å². The Labute approximate surface area is 454 Å². The number of aliphatic hydroxyl groups excluding tert-OH is 7. The fraction of sp³-hybridized carbons (Fsp3) is 0.921. The molecule has 0 spiro atoms. The molecule has 1 heterocycles. The number of aliphatic hydroxyl groups is 7. The zero-order chi connectivity index (χ0) is 54.0. The fourth-order valence-corrected chi connectivity index (χ4v) is 10.4. The van der Waals surface area contributed by atoms with Crippen LogP contribution in [0.2, 0.25) is 0 Å². The zero-order valence-electron chi connectivity index (χ0n) is 48.1. The van der Waals surface area contributed by atoms with Gasteiger partial charge < -0.3 is 50.5 Å². The van der Waals surface area contributed by atoms with Crippen molar-refractivity contribution in [2.24, 2.45) is 0 Å². The molecule has 0 aromatic carbocycles. The first-order valence-electron chi connectivity index (χ1n) is 31.7. The topological polar surface area (TPSA) is 189 Å². The van der Waals surface area contributed by atoms with Crippen LogP contribution in [0.15, 0.2) is 24.3 Å². The van der Waals surface area contributed by atoms with Gasteiger partial charge in [0.05, 0.1) is 25.4 Å². The molecule has 11 nitrogen and oxygen atoms in total. The van der Waals surface area contributed by atoms with Crippen molar-refractivity contribution in [3.63, 3.8) is 0 Å². The van der Waals surface area contributed by atoms with E-state index in [1.54, 1.807) is 0 Å². The lowest BCUT2D eigenvalue weighted by molar-refractivity contribution is -0.303. The van der Waals surface area contributed by atoms with Crippen LogP contribution in [-0.2, 0) is 14.3 Å². The highest BCUT2D eigenvalue weighted by atomic mass is 16.7. The summed E-state index contributed by atoms with van der Waals surface area (Å²) in [6, 6.07) is -1.17. The highest BCUT2D eigenvalue weighted by Crippen LogP contribution is 2.24. The third kappa shape index (κ3) is 39.9. The van der Waals surface area contributed by atoms with Crippen molar-refractivity contribution in [2.45, 2.75) is 358 Å². The maximum absolute atomic E-state index is 13.2. The third-order valence-electron chi connectivity index (χ3n) is 15.5. The van der Waals surface area contributed by atoms with E-state index in [0.29, 0.717) is 19.3 Å². The monoisotopic (exact) mass is 1050 g/mol. The summed E-state index contributed by atoms with van der Waals surface area (Å²) in [4.78, 5) is 13.2. The second kappa shape index (κ2) is 52.3. The van der Waals surface area contributed by atoms with E-state index in [-0.39, 0.29) is 6.42 Å². The van der Waals surface area contributed by atoms with Crippen LogP contribution in [0.3, 0.4) is 0 Å². The Morgan fingerprint density at radius 1 is 0.473 bits per heavy atom. The number of hydrogen-bond donors (Lipinski definition) is 8. The van der Waals surface area contributed by atoms with E-state index in [2.05, 4.69) is 43.5 Å². The van der Waals surface area contributed by atoms with Crippen molar-refractivity contribution in [3.8, 4) is 0 Å². The van der Waals surface area contributed by atoms with Crippen LogP contribution < -0.4 is 5.32 Å². The van der Waals surface area contributed by atoms with Crippen LogP contribution in [-0.4, -0.2) is 110 Å².